The number of halogens is 1. The van der Waals surface area contributed by atoms with Crippen molar-refractivity contribution in [3.63, 3.8) is 0 Å². The average Bonchev–Trinajstić information content (AvgIpc) is 2.84. The van der Waals surface area contributed by atoms with Gasteiger partial charge in [-0.15, -0.1) is 10.2 Å². The number of aromatic nitrogens is 2. The van der Waals surface area contributed by atoms with Gasteiger partial charge in [0.25, 0.3) is 5.22 Å². The molecule has 1 aromatic carbocycles. The van der Waals surface area contributed by atoms with E-state index in [1.165, 1.54) is 17.8 Å². The van der Waals surface area contributed by atoms with E-state index in [4.69, 9.17) is 4.42 Å². The van der Waals surface area contributed by atoms with Gasteiger partial charge in [-0.1, -0.05) is 19.1 Å². The highest BCUT2D eigenvalue weighted by atomic mass is 32.2. The molecular formula is C14H18FN3OS. The molecule has 0 saturated carbocycles. The maximum Gasteiger partial charge on any atom is 0.281 e. The predicted molar refractivity (Wildman–Crippen MR) is 76.3 cm³/mol. The molecule has 0 aliphatic rings. The van der Waals surface area contributed by atoms with Crippen molar-refractivity contribution < 1.29 is 8.81 Å². The second kappa shape index (κ2) is 6.85. The summed E-state index contributed by atoms with van der Waals surface area (Å²) in [6.45, 7) is 6.72. The number of rotatable bonds is 6. The van der Waals surface area contributed by atoms with E-state index in [1.54, 1.807) is 13.0 Å². The summed E-state index contributed by atoms with van der Waals surface area (Å²) < 4.78 is 19.4. The summed E-state index contributed by atoms with van der Waals surface area (Å²) in [4.78, 5) is 0.534. The fourth-order valence-electron chi connectivity index (χ4n) is 1.85. The first-order valence-electron chi connectivity index (χ1n) is 6.61. The van der Waals surface area contributed by atoms with Crippen molar-refractivity contribution in [2.45, 2.75) is 43.4 Å². The van der Waals surface area contributed by atoms with Gasteiger partial charge in [-0.2, -0.15) is 0 Å². The van der Waals surface area contributed by atoms with Crippen LogP contribution >= 0.6 is 11.8 Å². The molecule has 0 aliphatic heterocycles. The molecule has 1 unspecified atom stereocenters. The minimum absolute atomic E-state index is 0.0668. The molecular weight excluding hydrogens is 277 g/mol. The van der Waals surface area contributed by atoms with E-state index < -0.39 is 0 Å². The molecule has 1 N–H and O–H groups in total. The second-order valence-electron chi connectivity index (χ2n) is 4.52. The van der Waals surface area contributed by atoms with E-state index in [-0.39, 0.29) is 11.9 Å². The highest BCUT2D eigenvalue weighted by Gasteiger charge is 2.17. The lowest BCUT2D eigenvalue weighted by Gasteiger charge is -2.17. The minimum atomic E-state index is -0.270. The van der Waals surface area contributed by atoms with Gasteiger partial charge in [0.1, 0.15) is 5.82 Å². The lowest BCUT2D eigenvalue weighted by atomic mass is 10.1. The Kier molecular flexibility index (Phi) is 5.14. The second-order valence-corrected chi connectivity index (χ2v) is 5.48. The fraction of sp³-hybridized carbons (Fsp3) is 0.429. The first kappa shape index (κ1) is 15.0. The van der Waals surface area contributed by atoms with Gasteiger partial charge in [-0.3, -0.25) is 0 Å². The van der Waals surface area contributed by atoms with Gasteiger partial charge in [0.15, 0.2) is 0 Å². The van der Waals surface area contributed by atoms with Crippen LogP contribution in [-0.2, 0) is 0 Å². The van der Waals surface area contributed by atoms with E-state index in [0.717, 1.165) is 18.5 Å². The van der Waals surface area contributed by atoms with E-state index >= 15 is 0 Å². The van der Waals surface area contributed by atoms with Crippen LogP contribution in [0.15, 0.2) is 32.7 Å². The number of benzene rings is 1. The summed E-state index contributed by atoms with van der Waals surface area (Å²) in [5, 5.41) is 11.4. The van der Waals surface area contributed by atoms with Crippen molar-refractivity contribution in [2.24, 2.45) is 0 Å². The summed E-state index contributed by atoms with van der Waals surface area (Å²) in [5.41, 5.74) is 0.902. The standard InChI is InChI=1S/C14H18FN3OS/c1-4-8-16-9(2)11-6-5-7-12(15)13(11)20-14-18-17-10(3)19-14/h5-7,9,16H,4,8H2,1-3H3. The number of hydrogen-bond acceptors (Lipinski definition) is 5. The van der Waals surface area contributed by atoms with E-state index in [2.05, 4.69) is 22.4 Å². The first-order valence-corrected chi connectivity index (χ1v) is 7.43. The summed E-state index contributed by atoms with van der Waals surface area (Å²) >= 11 is 1.17. The van der Waals surface area contributed by atoms with Crippen molar-refractivity contribution in [3.05, 3.63) is 35.5 Å². The Morgan fingerprint density at radius 3 is 2.85 bits per heavy atom. The molecule has 2 rings (SSSR count). The number of nitrogens with one attached hydrogen (secondary N) is 1. The maximum atomic E-state index is 14.1. The van der Waals surface area contributed by atoms with Crippen molar-refractivity contribution in [2.75, 3.05) is 6.54 Å². The van der Waals surface area contributed by atoms with Crippen molar-refractivity contribution >= 4 is 11.8 Å². The summed E-state index contributed by atoms with van der Waals surface area (Å²) in [6, 6.07) is 5.15. The Hall–Kier alpha value is -1.40. The Morgan fingerprint density at radius 2 is 2.20 bits per heavy atom. The Bertz CT molecular complexity index is 573. The third-order valence-corrected chi connectivity index (χ3v) is 3.84. The van der Waals surface area contributed by atoms with Crippen LogP contribution in [0.1, 0.15) is 37.8 Å². The first-order chi connectivity index (χ1) is 9.61. The fourth-order valence-corrected chi connectivity index (χ4v) is 2.80. The lowest BCUT2D eigenvalue weighted by molar-refractivity contribution is 0.428. The minimum Gasteiger partial charge on any atom is -0.416 e. The maximum absolute atomic E-state index is 14.1. The molecule has 0 spiro atoms. The van der Waals surface area contributed by atoms with Gasteiger partial charge in [-0.25, -0.2) is 4.39 Å². The molecule has 20 heavy (non-hydrogen) atoms. The van der Waals surface area contributed by atoms with Gasteiger partial charge in [0, 0.05) is 13.0 Å². The van der Waals surface area contributed by atoms with Crippen LogP contribution in [0.2, 0.25) is 0 Å². The van der Waals surface area contributed by atoms with Gasteiger partial charge in [0.2, 0.25) is 5.89 Å². The normalized spacial score (nSPS) is 12.6. The Morgan fingerprint density at radius 1 is 1.40 bits per heavy atom. The van der Waals surface area contributed by atoms with Gasteiger partial charge < -0.3 is 9.73 Å². The zero-order valence-corrected chi connectivity index (χ0v) is 12.6. The van der Waals surface area contributed by atoms with Crippen molar-refractivity contribution in [3.8, 4) is 0 Å². The van der Waals surface area contributed by atoms with E-state index in [9.17, 15) is 4.39 Å². The van der Waals surface area contributed by atoms with Crippen molar-refractivity contribution in [1.82, 2.24) is 15.5 Å². The molecule has 0 saturated heterocycles. The predicted octanol–water partition coefficient (Wildman–Crippen LogP) is 3.73. The van der Waals surface area contributed by atoms with Gasteiger partial charge in [0.05, 0.1) is 4.90 Å². The number of nitrogens with zero attached hydrogens (tertiary/aromatic N) is 2. The zero-order chi connectivity index (χ0) is 14.5. The van der Waals surface area contributed by atoms with E-state index in [0.29, 0.717) is 16.0 Å². The van der Waals surface area contributed by atoms with Crippen LogP contribution in [0.4, 0.5) is 4.39 Å². The van der Waals surface area contributed by atoms with Crippen LogP contribution < -0.4 is 5.32 Å². The third-order valence-electron chi connectivity index (χ3n) is 2.86. The number of hydrogen-bond donors (Lipinski definition) is 1. The molecule has 6 heteroatoms. The smallest absolute Gasteiger partial charge is 0.281 e. The Balaban J connectivity index is 2.26. The monoisotopic (exact) mass is 295 g/mol. The quantitative estimate of drug-likeness (QED) is 0.880. The topological polar surface area (TPSA) is 51.0 Å². The summed E-state index contributed by atoms with van der Waals surface area (Å²) in [7, 11) is 0. The molecule has 1 atom stereocenters. The van der Waals surface area contributed by atoms with Crippen LogP contribution in [0.25, 0.3) is 0 Å². The third kappa shape index (κ3) is 3.58. The molecule has 108 valence electrons. The Labute approximate surface area is 122 Å². The highest BCUT2D eigenvalue weighted by molar-refractivity contribution is 7.99. The summed E-state index contributed by atoms with van der Waals surface area (Å²) in [5.74, 6) is 0.205. The molecule has 1 aromatic heterocycles. The summed E-state index contributed by atoms with van der Waals surface area (Å²) in [6.07, 6.45) is 1.03. The molecule has 0 fully saturated rings. The van der Waals surface area contributed by atoms with Crippen LogP contribution in [0, 0.1) is 12.7 Å². The largest absolute Gasteiger partial charge is 0.416 e. The van der Waals surface area contributed by atoms with Crippen molar-refractivity contribution in [1.29, 1.82) is 0 Å². The van der Waals surface area contributed by atoms with Crippen LogP contribution in [-0.4, -0.2) is 16.7 Å². The average molecular weight is 295 g/mol. The molecule has 0 radical (unpaired) electrons. The number of aryl methyl sites for hydroxylation is 1. The highest BCUT2D eigenvalue weighted by Crippen LogP contribution is 2.34. The SMILES string of the molecule is CCCNC(C)c1cccc(F)c1Sc1nnc(C)o1. The van der Waals surface area contributed by atoms with Crippen LogP contribution in [0.5, 0.6) is 0 Å². The molecule has 0 aliphatic carbocycles. The van der Waals surface area contributed by atoms with Gasteiger partial charge >= 0.3 is 0 Å². The molecule has 1 heterocycles. The molecule has 0 bridgehead atoms. The molecule has 4 nitrogen and oxygen atoms in total. The zero-order valence-electron chi connectivity index (χ0n) is 11.8. The molecule has 2 aromatic rings. The van der Waals surface area contributed by atoms with Crippen LogP contribution in [0.3, 0.4) is 0 Å². The molecule has 0 amide bonds. The lowest BCUT2D eigenvalue weighted by Crippen LogP contribution is -2.20. The van der Waals surface area contributed by atoms with E-state index in [1.807, 2.05) is 13.0 Å². The van der Waals surface area contributed by atoms with Gasteiger partial charge in [-0.05, 0) is 43.3 Å².